The Morgan fingerprint density at radius 3 is 2.34 bits per heavy atom. The summed E-state index contributed by atoms with van der Waals surface area (Å²) >= 11 is 0. The van der Waals surface area contributed by atoms with Crippen molar-refractivity contribution in [3.05, 3.63) is 89.1 Å². The van der Waals surface area contributed by atoms with Crippen LogP contribution >= 0.6 is 0 Å². The Labute approximate surface area is 217 Å². The third kappa shape index (κ3) is 4.81. The third-order valence-electron chi connectivity index (χ3n) is 5.75. The molecule has 1 atom stereocenters. The van der Waals surface area contributed by atoms with Gasteiger partial charge in [-0.3, -0.25) is 4.79 Å². The molecule has 0 radical (unpaired) electrons. The predicted octanol–water partition coefficient (Wildman–Crippen LogP) is 4.15. The van der Waals surface area contributed by atoms with Gasteiger partial charge in [-0.2, -0.15) is 5.10 Å². The van der Waals surface area contributed by atoms with Gasteiger partial charge in [0.25, 0.3) is 23.6 Å². The third-order valence-corrected chi connectivity index (χ3v) is 5.75. The van der Waals surface area contributed by atoms with E-state index in [1.165, 1.54) is 7.11 Å². The summed E-state index contributed by atoms with van der Waals surface area (Å²) in [5.41, 5.74) is 3.90. The Morgan fingerprint density at radius 2 is 1.68 bits per heavy atom. The van der Waals surface area contributed by atoms with E-state index in [0.29, 0.717) is 11.5 Å². The highest BCUT2D eigenvalue weighted by Gasteiger charge is 2.32. The average Bonchev–Trinajstić information content (AvgIpc) is 3.65. The first-order valence-electron chi connectivity index (χ1n) is 11.7. The van der Waals surface area contributed by atoms with E-state index in [1.54, 1.807) is 28.9 Å². The van der Waals surface area contributed by atoms with Crippen molar-refractivity contribution in [1.29, 1.82) is 0 Å². The minimum absolute atomic E-state index is 0.0213. The zero-order valence-electron chi connectivity index (χ0n) is 21.1. The number of benzene rings is 2. The number of methoxy groups -OCH3 is 1. The van der Waals surface area contributed by atoms with E-state index in [4.69, 9.17) is 13.6 Å². The zero-order chi connectivity index (χ0) is 26.8. The summed E-state index contributed by atoms with van der Waals surface area (Å²) in [6.45, 7) is 5.65. The number of hydrogen-bond donors (Lipinski definition) is 1. The highest BCUT2D eigenvalue weighted by Crippen LogP contribution is 2.32. The molecule has 38 heavy (non-hydrogen) atoms. The molecule has 0 spiro atoms. The summed E-state index contributed by atoms with van der Waals surface area (Å²) in [6.07, 6.45) is 0. The highest BCUT2D eigenvalue weighted by molar-refractivity contribution is 5.96. The maximum absolute atomic E-state index is 12.8. The van der Waals surface area contributed by atoms with Gasteiger partial charge in [0.1, 0.15) is 0 Å². The van der Waals surface area contributed by atoms with Crippen LogP contribution in [0.1, 0.15) is 39.2 Å². The van der Waals surface area contributed by atoms with Gasteiger partial charge in [0.2, 0.25) is 11.9 Å². The van der Waals surface area contributed by atoms with Gasteiger partial charge in [0.05, 0.1) is 12.8 Å². The van der Waals surface area contributed by atoms with Crippen molar-refractivity contribution in [2.45, 2.75) is 26.8 Å². The molecule has 0 aliphatic carbocycles. The number of nitrogens with zero attached hydrogens (tertiary/aromatic N) is 5. The first-order chi connectivity index (χ1) is 18.3. The molecule has 0 aliphatic rings. The highest BCUT2D eigenvalue weighted by atomic mass is 16.5. The molecule has 1 N–H and O–H groups in total. The number of nitrogens with one attached hydrogen (secondary N) is 1. The Morgan fingerprint density at radius 1 is 0.947 bits per heavy atom. The second-order valence-corrected chi connectivity index (χ2v) is 8.62. The molecule has 0 fully saturated rings. The molecule has 5 aromatic rings. The summed E-state index contributed by atoms with van der Waals surface area (Å²) < 4.78 is 18.4. The van der Waals surface area contributed by atoms with E-state index in [-0.39, 0.29) is 23.4 Å². The molecule has 3 heterocycles. The van der Waals surface area contributed by atoms with Gasteiger partial charge < -0.3 is 18.9 Å². The number of rotatable bonds is 7. The number of carbonyl (C=O) groups is 2. The van der Waals surface area contributed by atoms with E-state index < -0.39 is 17.9 Å². The fraction of sp³-hybridized carbons (Fsp3) is 0.185. The van der Waals surface area contributed by atoms with Crippen LogP contribution in [-0.2, 0) is 9.53 Å². The van der Waals surface area contributed by atoms with Gasteiger partial charge in [-0.15, -0.1) is 10.2 Å². The second kappa shape index (κ2) is 10.1. The molecule has 5 rings (SSSR count). The average molecular weight is 513 g/mol. The van der Waals surface area contributed by atoms with E-state index in [2.05, 4.69) is 25.6 Å². The number of esters is 1. The van der Waals surface area contributed by atoms with Crippen LogP contribution < -0.4 is 5.32 Å². The Hall–Kier alpha value is -5.06. The SMILES string of the molecule is COC(=O)[C@H](NC(=O)c1ccc(C)cc1)c1nnc(-c2nc(-c3ccccc3)oc2-n2nc(C)cc2C)o1. The maximum Gasteiger partial charge on any atom is 0.338 e. The number of oxazole rings is 1. The lowest BCUT2D eigenvalue weighted by Gasteiger charge is -2.13. The van der Waals surface area contributed by atoms with Crippen LogP contribution in [0.4, 0.5) is 0 Å². The predicted molar refractivity (Wildman–Crippen MR) is 135 cm³/mol. The molecule has 0 bridgehead atoms. The molecule has 0 aliphatic heterocycles. The van der Waals surface area contributed by atoms with Crippen LogP contribution in [0.25, 0.3) is 28.9 Å². The fourth-order valence-electron chi connectivity index (χ4n) is 3.84. The van der Waals surface area contributed by atoms with Crippen molar-refractivity contribution in [3.8, 4) is 28.9 Å². The lowest BCUT2D eigenvalue weighted by atomic mass is 10.1. The van der Waals surface area contributed by atoms with Gasteiger partial charge in [0.15, 0.2) is 5.69 Å². The van der Waals surface area contributed by atoms with E-state index >= 15 is 0 Å². The molecule has 0 unspecified atom stereocenters. The van der Waals surface area contributed by atoms with Crippen LogP contribution in [0.3, 0.4) is 0 Å². The zero-order valence-corrected chi connectivity index (χ0v) is 21.1. The smallest absolute Gasteiger partial charge is 0.338 e. The first kappa shape index (κ1) is 24.6. The van der Waals surface area contributed by atoms with E-state index in [1.807, 2.05) is 57.2 Å². The molecule has 11 nitrogen and oxygen atoms in total. The van der Waals surface area contributed by atoms with Crippen LogP contribution in [0.15, 0.2) is 69.5 Å². The minimum Gasteiger partial charge on any atom is -0.467 e. The number of aryl methyl sites for hydroxylation is 3. The monoisotopic (exact) mass is 512 g/mol. The van der Waals surface area contributed by atoms with E-state index in [9.17, 15) is 9.59 Å². The van der Waals surface area contributed by atoms with Crippen molar-refractivity contribution < 1.29 is 23.2 Å². The van der Waals surface area contributed by atoms with Crippen LogP contribution in [-0.4, -0.2) is 43.9 Å². The Balaban J connectivity index is 1.54. The summed E-state index contributed by atoms with van der Waals surface area (Å²) in [4.78, 5) is 30.0. The molecule has 3 aromatic heterocycles. The van der Waals surface area contributed by atoms with Crippen LogP contribution in [0, 0.1) is 20.8 Å². The molecule has 0 saturated carbocycles. The van der Waals surface area contributed by atoms with Crippen molar-refractivity contribution in [3.63, 3.8) is 0 Å². The first-order valence-corrected chi connectivity index (χ1v) is 11.7. The molecule has 2 aromatic carbocycles. The number of ether oxygens (including phenoxy) is 1. The summed E-state index contributed by atoms with van der Waals surface area (Å²) in [6, 6.07) is 16.8. The van der Waals surface area contributed by atoms with Gasteiger partial charge in [0, 0.05) is 16.8 Å². The second-order valence-electron chi connectivity index (χ2n) is 8.62. The number of carbonyl (C=O) groups excluding carboxylic acids is 2. The van der Waals surface area contributed by atoms with Crippen molar-refractivity contribution in [1.82, 2.24) is 30.3 Å². The standard InChI is InChI=1S/C27H24N6O5/c1-15-10-12-18(13-11-15)22(34)28-21(27(35)36-4)25-31-30-24(37-25)20-26(33-17(3)14-16(2)32-33)38-23(29-20)19-8-6-5-7-9-19/h5-14,21H,1-4H3,(H,28,34)/t21-/m1/s1. The molecule has 0 saturated heterocycles. The topological polar surface area (TPSA) is 138 Å². The van der Waals surface area contributed by atoms with E-state index in [0.717, 1.165) is 22.5 Å². The van der Waals surface area contributed by atoms with Crippen LogP contribution in [0.2, 0.25) is 0 Å². The van der Waals surface area contributed by atoms with Gasteiger partial charge in [-0.25, -0.2) is 14.5 Å². The van der Waals surface area contributed by atoms with Crippen molar-refractivity contribution >= 4 is 11.9 Å². The van der Waals surface area contributed by atoms with Gasteiger partial charge in [-0.1, -0.05) is 35.9 Å². The Kier molecular flexibility index (Phi) is 6.56. The quantitative estimate of drug-likeness (QED) is 0.319. The molecule has 192 valence electrons. The summed E-state index contributed by atoms with van der Waals surface area (Å²) in [7, 11) is 1.20. The maximum atomic E-state index is 12.8. The van der Waals surface area contributed by atoms with Crippen LogP contribution in [0.5, 0.6) is 0 Å². The summed E-state index contributed by atoms with van der Waals surface area (Å²) in [5.74, 6) is -0.883. The largest absolute Gasteiger partial charge is 0.467 e. The fourth-order valence-corrected chi connectivity index (χ4v) is 3.84. The normalized spacial score (nSPS) is 11.8. The van der Waals surface area contributed by atoms with Gasteiger partial charge >= 0.3 is 5.97 Å². The Bertz CT molecular complexity index is 1600. The lowest BCUT2D eigenvalue weighted by Crippen LogP contribution is -2.34. The number of amides is 1. The minimum atomic E-state index is -1.34. The molecule has 11 heteroatoms. The lowest BCUT2D eigenvalue weighted by molar-refractivity contribution is -0.143. The molecular formula is C27H24N6O5. The van der Waals surface area contributed by atoms with Crippen molar-refractivity contribution in [2.75, 3.05) is 7.11 Å². The number of aromatic nitrogens is 5. The van der Waals surface area contributed by atoms with Crippen molar-refractivity contribution in [2.24, 2.45) is 0 Å². The summed E-state index contributed by atoms with van der Waals surface area (Å²) in [5, 5.41) is 15.2. The number of hydrogen-bond acceptors (Lipinski definition) is 9. The van der Waals surface area contributed by atoms with Gasteiger partial charge in [-0.05, 0) is 51.1 Å². The molecular weight excluding hydrogens is 488 g/mol. The molecule has 1 amide bonds.